The summed E-state index contributed by atoms with van der Waals surface area (Å²) < 4.78 is 1.67. The minimum absolute atomic E-state index is 0.167. The Hall–Kier alpha value is -1.88. The van der Waals surface area contributed by atoms with E-state index >= 15 is 0 Å². The van der Waals surface area contributed by atoms with Gasteiger partial charge in [0.1, 0.15) is 5.82 Å². The Morgan fingerprint density at radius 1 is 1.31 bits per heavy atom. The first-order valence-electron chi connectivity index (χ1n) is 5.16. The van der Waals surface area contributed by atoms with E-state index < -0.39 is 0 Å². The van der Waals surface area contributed by atoms with Crippen molar-refractivity contribution in [3.8, 4) is 5.69 Å². The largest absolute Gasteiger partial charge is 0.396 e. The second-order valence-corrected chi connectivity index (χ2v) is 3.50. The lowest BCUT2D eigenvalue weighted by Crippen LogP contribution is -2.03. The fraction of sp³-hybridized carbons (Fsp3) is 0.273. The Bertz CT molecular complexity index is 452. The van der Waals surface area contributed by atoms with Gasteiger partial charge in [-0.3, -0.25) is 4.98 Å². The van der Waals surface area contributed by atoms with Crippen LogP contribution in [0, 0.1) is 0 Å². The Balaban J connectivity index is 2.27. The van der Waals surface area contributed by atoms with Crippen LogP contribution in [0.4, 0.5) is 5.82 Å². The van der Waals surface area contributed by atoms with Crippen LogP contribution in [0.5, 0.6) is 0 Å². The molecular formula is C11H14N4O. The van der Waals surface area contributed by atoms with Crippen LogP contribution in [0.15, 0.2) is 30.7 Å². The summed E-state index contributed by atoms with van der Waals surface area (Å²) in [4.78, 5) is 3.94. The van der Waals surface area contributed by atoms with Gasteiger partial charge in [-0.25, -0.2) is 4.68 Å². The van der Waals surface area contributed by atoms with E-state index in [4.69, 9.17) is 10.8 Å². The lowest BCUT2D eigenvalue weighted by Gasteiger charge is -2.04. The van der Waals surface area contributed by atoms with Crippen LogP contribution in [0.3, 0.4) is 0 Å². The second kappa shape index (κ2) is 4.76. The monoisotopic (exact) mass is 218 g/mol. The predicted octanol–water partition coefficient (Wildman–Crippen LogP) is 0.774. The number of aliphatic hydroxyl groups excluding tert-OH is 1. The molecule has 0 saturated heterocycles. The molecule has 2 rings (SSSR count). The number of nitrogen functional groups attached to an aromatic ring is 1. The Morgan fingerprint density at radius 3 is 2.75 bits per heavy atom. The van der Waals surface area contributed by atoms with Gasteiger partial charge >= 0.3 is 0 Å². The topological polar surface area (TPSA) is 77.0 Å². The molecule has 0 fully saturated rings. The molecule has 0 atom stereocenters. The number of hydrogen-bond donors (Lipinski definition) is 2. The van der Waals surface area contributed by atoms with Gasteiger partial charge < -0.3 is 10.8 Å². The van der Waals surface area contributed by atoms with Gasteiger partial charge in [0.25, 0.3) is 0 Å². The number of rotatable bonds is 4. The number of nitrogens with two attached hydrogens (primary N) is 1. The third-order valence-electron chi connectivity index (χ3n) is 2.40. The Morgan fingerprint density at radius 2 is 2.06 bits per heavy atom. The van der Waals surface area contributed by atoms with E-state index in [-0.39, 0.29) is 6.61 Å². The molecule has 0 bridgehead atoms. The average molecular weight is 218 g/mol. The first-order valence-corrected chi connectivity index (χ1v) is 5.16. The molecule has 5 nitrogen and oxygen atoms in total. The molecule has 5 heteroatoms. The molecule has 0 radical (unpaired) electrons. The Labute approximate surface area is 93.5 Å². The van der Waals surface area contributed by atoms with Crippen LogP contribution < -0.4 is 5.73 Å². The number of aromatic nitrogens is 3. The van der Waals surface area contributed by atoms with Gasteiger partial charge in [0.15, 0.2) is 0 Å². The molecule has 0 amide bonds. The minimum Gasteiger partial charge on any atom is -0.396 e. The zero-order valence-corrected chi connectivity index (χ0v) is 8.87. The van der Waals surface area contributed by atoms with Crippen molar-refractivity contribution >= 4 is 5.82 Å². The SMILES string of the molecule is Nc1c(CCCO)cnn1-c1ccncc1. The van der Waals surface area contributed by atoms with E-state index in [0.717, 1.165) is 17.7 Å². The van der Waals surface area contributed by atoms with Crippen molar-refractivity contribution in [1.82, 2.24) is 14.8 Å². The van der Waals surface area contributed by atoms with Gasteiger partial charge in [-0.2, -0.15) is 5.10 Å². The maximum absolute atomic E-state index is 8.77. The number of aliphatic hydroxyl groups is 1. The molecule has 0 saturated carbocycles. The third-order valence-corrected chi connectivity index (χ3v) is 2.40. The van der Waals surface area contributed by atoms with Gasteiger partial charge in [-0.05, 0) is 25.0 Å². The van der Waals surface area contributed by atoms with Crippen molar-refractivity contribution in [3.63, 3.8) is 0 Å². The summed E-state index contributed by atoms with van der Waals surface area (Å²) in [6, 6.07) is 3.69. The number of hydrogen-bond acceptors (Lipinski definition) is 4. The summed E-state index contributed by atoms with van der Waals surface area (Å²) in [5.74, 6) is 0.625. The van der Waals surface area contributed by atoms with Crippen molar-refractivity contribution in [1.29, 1.82) is 0 Å². The van der Waals surface area contributed by atoms with E-state index in [1.54, 1.807) is 23.3 Å². The van der Waals surface area contributed by atoms with Crippen molar-refractivity contribution in [2.75, 3.05) is 12.3 Å². The summed E-state index contributed by atoms with van der Waals surface area (Å²) in [5.41, 5.74) is 7.83. The third kappa shape index (κ3) is 2.04. The zero-order chi connectivity index (χ0) is 11.4. The predicted molar refractivity (Wildman–Crippen MR) is 61.2 cm³/mol. The summed E-state index contributed by atoms with van der Waals surface area (Å²) >= 11 is 0. The number of aryl methyl sites for hydroxylation is 1. The molecular weight excluding hydrogens is 204 g/mol. The summed E-state index contributed by atoms with van der Waals surface area (Å²) in [5, 5.41) is 13.0. The van der Waals surface area contributed by atoms with Gasteiger partial charge in [0.2, 0.25) is 0 Å². The molecule has 0 unspecified atom stereocenters. The van der Waals surface area contributed by atoms with E-state index in [9.17, 15) is 0 Å². The average Bonchev–Trinajstić information content (AvgIpc) is 2.69. The van der Waals surface area contributed by atoms with Gasteiger partial charge in [-0.1, -0.05) is 0 Å². The molecule has 16 heavy (non-hydrogen) atoms. The maximum atomic E-state index is 8.77. The van der Waals surface area contributed by atoms with Gasteiger partial charge in [-0.15, -0.1) is 0 Å². The van der Waals surface area contributed by atoms with Crippen LogP contribution >= 0.6 is 0 Å². The van der Waals surface area contributed by atoms with Crippen LogP contribution in [0.2, 0.25) is 0 Å². The summed E-state index contributed by atoms with van der Waals surface area (Å²) in [6.45, 7) is 0.167. The fourth-order valence-corrected chi connectivity index (χ4v) is 1.54. The van der Waals surface area contributed by atoms with Crippen LogP contribution in [-0.2, 0) is 6.42 Å². The highest BCUT2D eigenvalue weighted by Crippen LogP contribution is 2.17. The smallest absolute Gasteiger partial charge is 0.130 e. The Kier molecular flexibility index (Phi) is 3.16. The fourth-order valence-electron chi connectivity index (χ4n) is 1.54. The van der Waals surface area contributed by atoms with Crippen LogP contribution in [0.25, 0.3) is 5.69 Å². The molecule has 84 valence electrons. The summed E-state index contributed by atoms with van der Waals surface area (Å²) in [6.07, 6.45) is 6.58. The number of pyridine rings is 1. The first kappa shape index (κ1) is 10.6. The van der Waals surface area contributed by atoms with Crippen molar-refractivity contribution in [3.05, 3.63) is 36.3 Å². The zero-order valence-electron chi connectivity index (χ0n) is 8.87. The molecule has 0 aliphatic carbocycles. The molecule has 0 aliphatic rings. The lowest BCUT2D eigenvalue weighted by molar-refractivity contribution is 0.288. The highest BCUT2D eigenvalue weighted by molar-refractivity contribution is 5.46. The molecule has 2 heterocycles. The normalized spacial score (nSPS) is 10.6. The highest BCUT2D eigenvalue weighted by Gasteiger charge is 2.07. The molecule has 2 aromatic rings. The lowest BCUT2D eigenvalue weighted by atomic mass is 10.2. The van der Waals surface area contributed by atoms with Crippen molar-refractivity contribution in [2.45, 2.75) is 12.8 Å². The maximum Gasteiger partial charge on any atom is 0.130 e. The number of anilines is 1. The van der Waals surface area contributed by atoms with E-state index in [1.807, 2.05) is 12.1 Å². The minimum atomic E-state index is 0.167. The molecule has 3 N–H and O–H groups in total. The van der Waals surface area contributed by atoms with Gasteiger partial charge in [0.05, 0.1) is 11.9 Å². The molecule has 2 aromatic heterocycles. The first-order chi connectivity index (χ1) is 7.83. The van der Waals surface area contributed by atoms with Gasteiger partial charge in [0, 0.05) is 24.6 Å². The molecule has 0 aromatic carbocycles. The quantitative estimate of drug-likeness (QED) is 0.794. The second-order valence-electron chi connectivity index (χ2n) is 3.50. The van der Waals surface area contributed by atoms with E-state index in [2.05, 4.69) is 10.1 Å². The van der Waals surface area contributed by atoms with Crippen molar-refractivity contribution in [2.24, 2.45) is 0 Å². The van der Waals surface area contributed by atoms with E-state index in [0.29, 0.717) is 12.2 Å². The molecule has 0 spiro atoms. The van der Waals surface area contributed by atoms with E-state index in [1.165, 1.54) is 0 Å². The van der Waals surface area contributed by atoms with Crippen molar-refractivity contribution < 1.29 is 5.11 Å². The molecule has 0 aliphatic heterocycles. The highest BCUT2D eigenvalue weighted by atomic mass is 16.2. The van der Waals surface area contributed by atoms with Crippen LogP contribution in [-0.4, -0.2) is 26.5 Å². The van der Waals surface area contributed by atoms with Crippen LogP contribution in [0.1, 0.15) is 12.0 Å². The summed E-state index contributed by atoms with van der Waals surface area (Å²) in [7, 11) is 0. The number of nitrogens with zero attached hydrogens (tertiary/aromatic N) is 3. The standard InChI is InChI=1S/C11H14N4O/c12-11-9(2-1-7-16)8-14-15(11)10-3-5-13-6-4-10/h3-6,8,16H,1-2,7,12H2.